The number of fused-ring (bicyclic) bond motifs is 2. The van der Waals surface area contributed by atoms with E-state index >= 15 is 0 Å². The Kier molecular flexibility index (Phi) is 2.52. The summed E-state index contributed by atoms with van der Waals surface area (Å²) in [6.45, 7) is 0.207. The SMILES string of the molecule is O=C(NN=C1CC2C=CCC12)c1ccc2c(c1)OCO2. The highest BCUT2D eigenvalue weighted by Crippen LogP contribution is 2.40. The second-order valence-electron chi connectivity index (χ2n) is 5.25. The third-order valence-corrected chi connectivity index (χ3v) is 4.10. The van der Waals surface area contributed by atoms with E-state index in [2.05, 4.69) is 22.7 Å². The maximum absolute atomic E-state index is 12.1. The van der Waals surface area contributed by atoms with Crippen LogP contribution in [0.1, 0.15) is 23.2 Å². The summed E-state index contributed by atoms with van der Waals surface area (Å²) in [4.78, 5) is 12.1. The lowest BCUT2D eigenvalue weighted by molar-refractivity contribution is 0.0953. The van der Waals surface area contributed by atoms with Gasteiger partial charge in [-0.15, -0.1) is 0 Å². The highest BCUT2D eigenvalue weighted by atomic mass is 16.7. The Morgan fingerprint density at radius 2 is 2.20 bits per heavy atom. The molecule has 0 saturated heterocycles. The number of carbonyl (C=O) groups excluding carboxylic acids is 1. The van der Waals surface area contributed by atoms with E-state index in [1.54, 1.807) is 18.2 Å². The predicted molar refractivity (Wildman–Crippen MR) is 72.8 cm³/mol. The van der Waals surface area contributed by atoms with Crippen molar-refractivity contribution in [1.29, 1.82) is 0 Å². The zero-order valence-electron chi connectivity index (χ0n) is 10.8. The molecule has 0 radical (unpaired) electrons. The number of carbonyl (C=O) groups is 1. The molecule has 0 aromatic heterocycles. The number of nitrogens with zero attached hydrogens (tertiary/aromatic N) is 1. The van der Waals surface area contributed by atoms with Crippen molar-refractivity contribution >= 4 is 11.6 Å². The van der Waals surface area contributed by atoms with Crippen LogP contribution < -0.4 is 14.9 Å². The minimum atomic E-state index is -0.217. The van der Waals surface area contributed by atoms with E-state index < -0.39 is 0 Å². The van der Waals surface area contributed by atoms with Crippen molar-refractivity contribution in [2.45, 2.75) is 12.8 Å². The highest BCUT2D eigenvalue weighted by Gasteiger charge is 2.38. The van der Waals surface area contributed by atoms with Crippen LogP contribution in [-0.2, 0) is 0 Å². The molecule has 1 aliphatic heterocycles. The molecule has 1 N–H and O–H groups in total. The minimum absolute atomic E-state index is 0.207. The summed E-state index contributed by atoms with van der Waals surface area (Å²) >= 11 is 0. The lowest BCUT2D eigenvalue weighted by Gasteiger charge is -2.31. The van der Waals surface area contributed by atoms with Gasteiger partial charge in [0.15, 0.2) is 11.5 Å². The molecule has 2 atom stereocenters. The van der Waals surface area contributed by atoms with Gasteiger partial charge in [-0.05, 0) is 37.0 Å². The highest BCUT2D eigenvalue weighted by molar-refractivity contribution is 5.98. The average Bonchev–Trinajstić information content (AvgIpc) is 3.04. The van der Waals surface area contributed by atoms with Crippen molar-refractivity contribution in [3.8, 4) is 11.5 Å². The molecule has 4 rings (SSSR count). The van der Waals surface area contributed by atoms with E-state index in [0.717, 1.165) is 18.6 Å². The Hall–Kier alpha value is -2.30. The molecule has 2 unspecified atom stereocenters. The third kappa shape index (κ3) is 1.78. The van der Waals surface area contributed by atoms with E-state index in [1.807, 2.05) is 0 Å². The molecule has 1 aromatic rings. The van der Waals surface area contributed by atoms with Crippen LogP contribution in [0, 0.1) is 11.8 Å². The van der Waals surface area contributed by atoms with Crippen LogP contribution in [0.25, 0.3) is 0 Å². The van der Waals surface area contributed by atoms with Gasteiger partial charge < -0.3 is 9.47 Å². The first-order valence-electron chi connectivity index (χ1n) is 6.74. The maximum Gasteiger partial charge on any atom is 0.271 e. The standard InChI is InChI=1S/C15H14N2O3/c18-15(10-4-5-13-14(7-10)20-8-19-13)17-16-12-6-9-2-1-3-11(9)12/h1-2,4-5,7,9,11H,3,6,8H2,(H,17,18). The summed E-state index contributed by atoms with van der Waals surface area (Å²) in [7, 11) is 0. The molecule has 2 aliphatic carbocycles. The van der Waals surface area contributed by atoms with E-state index in [9.17, 15) is 4.79 Å². The fourth-order valence-electron chi connectivity index (χ4n) is 2.89. The zero-order valence-corrected chi connectivity index (χ0v) is 10.8. The molecule has 1 heterocycles. The zero-order chi connectivity index (χ0) is 13.5. The smallest absolute Gasteiger partial charge is 0.271 e. The van der Waals surface area contributed by atoms with E-state index in [-0.39, 0.29) is 12.7 Å². The Morgan fingerprint density at radius 3 is 3.10 bits per heavy atom. The Morgan fingerprint density at radius 1 is 1.30 bits per heavy atom. The summed E-state index contributed by atoms with van der Waals surface area (Å²) < 4.78 is 10.5. The number of benzene rings is 1. The van der Waals surface area contributed by atoms with Crippen molar-refractivity contribution in [3.63, 3.8) is 0 Å². The lowest BCUT2D eigenvalue weighted by Crippen LogP contribution is -2.35. The van der Waals surface area contributed by atoms with Crippen LogP contribution in [0.5, 0.6) is 11.5 Å². The predicted octanol–water partition coefficient (Wildman–Crippen LogP) is 2.10. The van der Waals surface area contributed by atoms with Gasteiger partial charge in [0.25, 0.3) is 5.91 Å². The lowest BCUT2D eigenvalue weighted by atomic mass is 9.74. The minimum Gasteiger partial charge on any atom is -0.454 e. The van der Waals surface area contributed by atoms with Crippen LogP contribution >= 0.6 is 0 Å². The molecule has 5 nitrogen and oxygen atoms in total. The normalized spacial score (nSPS) is 27.3. The van der Waals surface area contributed by atoms with Gasteiger partial charge in [-0.3, -0.25) is 4.79 Å². The van der Waals surface area contributed by atoms with Crippen LogP contribution in [0.3, 0.4) is 0 Å². The molecule has 0 bridgehead atoms. The van der Waals surface area contributed by atoms with Gasteiger partial charge in [-0.25, -0.2) is 5.43 Å². The Labute approximate surface area is 116 Å². The van der Waals surface area contributed by atoms with E-state index in [1.165, 1.54) is 0 Å². The molecular formula is C15H14N2O3. The van der Waals surface area contributed by atoms with Gasteiger partial charge in [-0.2, -0.15) is 5.10 Å². The van der Waals surface area contributed by atoms with Crippen LogP contribution in [0.2, 0.25) is 0 Å². The molecule has 0 spiro atoms. The molecule has 1 fully saturated rings. The molecule has 1 saturated carbocycles. The molecule has 1 amide bonds. The fraction of sp³-hybridized carbons (Fsp3) is 0.333. The van der Waals surface area contributed by atoms with Crippen molar-refractivity contribution < 1.29 is 14.3 Å². The quantitative estimate of drug-likeness (QED) is 0.661. The second-order valence-corrected chi connectivity index (χ2v) is 5.25. The molecular weight excluding hydrogens is 256 g/mol. The van der Waals surface area contributed by atoms with Crippen molar-refractivity contribution in [3.05, 3.63) is 35.9 Å². The molecule has 5 heteroatoms. The number of hydrogen-bond acceptors (Lipinski definition) is 4. The van der Waals surface area contributed by atoms with Gasteiger partial charge in [0.1, 0.15) is 0 Å². The largest absolute Gasteiger partial charge is 0.454 e. The number of hydrazone groups is 1. The van der Waals surface area contributed by atoms with E-state index in [0.29, 0.717) is 28.9 Å². The van der Waals surface area contributed by atoms with Gasteiger partial charge >= 0.3 is 0 Å². The number of hydrogen-bond donors (Lipinski definition) is 1. The van der Waals surface area contributed by atoms with E-state index in [4.69, 9.17) is 9.47 Å². The number of nitrogens with one attached hydrogen (secondary N) is 1. The van der Waals surface area contributed by atoms with Crippen molar-refractivity contribution in [1.82, 2.24) is 5.43 Å². The third-order valence-electron chi connectivity index (χ3n) is 4.10. The molecule has 102 valence electrons. The topological polar surface area (TPSA) is 59.9 Å². The summed E-state index contributed by atoms with van der Waals surface area (Å²) in [5.74, 6) is 2.20. The first kappa shape index (κ1) is 11.5. The number of amides is 1. The maximum atomic E-state index is 12.1. The second kappa shape index (κ2) is 4.37. The van der Waals surface area contributed by atoms with Crippen LogP contribution in [0.15, 0.2) is 35.5 Å². The van der Waals surface area contributed by atoms with Gasteiger partial charge in [-0.1, -0.05) is 12.2 Å². The molecule has 20 heavy (non-hydrogen) atoms. The average molecular weight is 270 g/mol. The number of rotatable bonds is 2. The van der Waals surface area contributed by atoms with Gasteiger partial charge in [0, 0.05) is 17.2 Å². The van der Waals surface area contributed by atoms with Crippen molar-refractivity contribution in [2.24, 2.45) is 16.9 Å². The molecule has 3 aliphatic rings. The summed E-state index contributed by atoms with van der Waals surface area (Å²) in [5.41, 5.74) is 4.25. The van der Waals surface area contributed by atoms with Gasteiger partial charge in [0.05, 0.1) is 0 Å². The summed E-state index contributed by atoms with van der Waals surface area (Å²) in [6.07, 6.45) is 6.44. The first-order valence-corrected chi connectivity index (χ1v) is 6.74. The monoisotopic (exact) mass is 270 g/mol. The first-order chi connectivity index (χ1) is 9.81. The van der Waals surface area contributed by atoms with Crippen molar-refractivity contribution in [2.75, 3.05) is 6.79 Å². The van der Waals surface area contributed by atoms with Crippen LogP contribution in [-0.4, -0.2) is 18.4 Å². The Balaban J connectivity index is 1.44. The summed E-state index contributed by atoms with van der Waals surface area (Å²) in [6, 6.07) is 5.13. The number of ether oxygens (including phenoxy) is 2. The summed E-state index contributed by atoms with van der Waals surface area (Å²) in [5, 5.41) is 4.25. The molecule has 1 aromatic carbocycles. The van der Waals surface area contributed by atoms with Gasteiger partial charge in [0.2, 0.25) is 6.79 Å². The fourth-order valence-corrected chi connectivity index (χ4v) is 2.89. The van der Waals surface area contributed by atoms with Crippen LogP contribution in [0.4, 0.5) is 0 Å². The Bertz CT molecular complexity index is 636. The number of allylic oxidation sites excluding steroid dienone is 2.